The number of hydrogen-bond donors (Lipinski definition) is 1. The molecule has 1 N–H and O–H groups in total. The Morgan fingerprint density at radius 3 is 2.67 bits per heavy atom. The molecule has 7 nitrogen and oxygen atoms in total. The molecule has 0 radical (unpaired) electrons. The summed E-state index contributed by atoms with van der Waals surface area (Å²) in [5.41, 5.74) is 0.607. The Morgan fingerprint density at radius 1 is 1.38 bits per heavy atom. The summed E-state index contributed by atoms with van der Waals surface area (Å²) in [6, 6.07) is 6.31. The van der Waals surface area contributed by atoms with Gasteiger partial charge in [0, 0.05) is 12.5 Å². The predicted molar refractivity (Wildman–Crippen MR) is 76.4 cm³/mol. The predicted octanol–water partition coefficient (Wildman–Crippen LogP) is 1.26. The second kappa shape index (κ2) is 7.50. The maximum Gasteiger partial charge on any atom is 0.305 e. The number of benzene rings is 1. The van der Waals surface area contributed by atoms with Gasteiger partial charge < -0.3 is 9.47 Å². The van der Waals surface area contributed by atoms with Crippen molar-refractivity contribution in [2.75, 3.05) is 24.7 Å². The van der Waals surface area contributed by atoms with E-state index in [0.717, 1.165) is 0 Å². The van der Waals surface area contributed by atoms with Crippen LogP contribution in [0.1, 0.15) is 18.4 Å². The third-order valence-corrected chi connectivity index (χ3v) is 3.97. The minimum absolute atomic E-state index is 0.0297. The zero-order valence-corrected chi connectivity index (χ0v) is 12.6. The third kappa shape index (κ3) is 5.31. The third-order valence-electron chi connectivity index (χ3n) is 2.62. The van der Waals surface area contributed by atoms with Crippen molar-refractivity contribution >= 4 is 21.7 Å². The second-order valence-corrected chi connectivity index (χ2v) is 5.97. The number of sulfonamides is 1. The van der Waals surface area contributed by atoms with Gasteiger partial charge >= 0.3 is 5.97 Å². The fourth-order valence-corrected chi connectivity index (χ4v) is 2.70. The maximum atomic E-state index is 11.9. The Bertz CT molecular complexity index is 649. The van der Waals surface area contributed by atoms with E-state index in [-0.39, 0.29) is 30.0 Å². The number of anilines is 1. The molecule has 0 amide bonds. The van der Waals surface area contributed by atoms with Gasteiger partial charge in [0.05, 0.1) is 37.3 Å². The van der Waals surface area contributed by atoms with Gasteiger partial charge in [0.15, 0.2) is 0 Å². The van der Waals surface area contributed by atoms with Gasteiger partial charge in [-0.15, -0.1) is 0 Å². The van der Waals surface area contributed by atoms with Crippen LogP contribution >= 0.6 is 0 Å². The highest BCUT2D eigenvalue weighted by Crippen LogP contribution is 2.26. The molecular weight excluding hydrogens is 296 g/mol. The van der Waals surface area contributed by atoms with Crippen molar-refractivity contribution in [3.05, 3.63) is 23.8 Å². The van der Waals surface area contributed by atoms with Crippen molar-refractivity contribution in [3.8, 4) is 11.8 Å². The fourth-order valence-electron chi connectivity index (χ4n) is 1.57. The van der Waals surface area contributed by atoms with Crippen molar-refractivity contribution < 1.29 is 22.7 Å². The molecule has 0 aliphatic heterocycles. The topological polar surface area (TPSA) is 105 Å². The molecular formula is C13H16N2O5S. The Labute approximate surface area is 123 Å². The maximum absolute atomic E-state index is 11.9. The van der Waals surface area contributed by atoms with Crippen LogP contribution in [-0.2, 0) is 19.6 Å². The highest BCUT2D eigenvalue weighted by molar-refractivity contribution is 7.92. The number of carbonyl (C=O) groups excluding carboxylic acids is 1. The Kier molecular flexibility index (Phi) is 5.99. The highest BCUT2D eigenvalue weighted by atomic mass is 32.2. The van der Waals surface area contributed by atoms with E-state index >= 15 is 0 Å². The molecule has 0 bridgehead atoms. The molecule has 0 fully saturated rings. The van der Waals surface area contributed by atoms with Gasteiger partial charge in [-0.25, -0.2) is 8.42 Å². The van der Waals surface area contributed by atoms with Crippen LogP contribution in [0.4, 0.5) is 5.69 Å². The first-order chi connectivity index (χ1) is 9.91. The van der Waals surface area contributed by atoms with E-state index in [1.165, 1.54) is 32.4 Å². The number of hydrogen-bond acceptors (Lipinski definition) is 6. The van der Waals surface area contributed by atoms with E-state index in [1.54, 1.807) is 0 Å². The van der Waals surface area contributed by atoms with Gasteiger partial charge in [-0.05, 0) is 18.6 Å². The lowest BCUT2D eigenvalue weighted by molar-refractivity contribution is -0.140. The Hall–Kier alpha value is -2.27. The second-order valence-electron chi connectivity index (χ2n) is 4.13. The zero-order valence-electron chi connectivity index (χ0n) is 11.8. The number of esters is 1. The fraction of sp³-hybridized carbons (Fsp3) is 0.385. The standard InChI is InChI=1S/C13H16N2O5S/c1-19-12-8-10(9-14)5-6-11(12)15-21(17,18)7-3-4-13(16)20-2/h5-6,8,15H,3-4,7H2,1-2H3. The first-order valence-electron chi connectivity index (χ1n) is 6.07. The molecule has 1 aromatic carbocycles. The quantitative estimate of drug-likeness (QED) is 0.760. The number of carbonyl (C=O) groups is 1. The summed E-state index contributed by atoms with van der Waals surface area (Å²) in [6.45, 7) is 0. The lowest BCUT2D eigenvalue weighted by Gasteiger charge is -2.11. The van der Waals surface area contributed by atoms with Crippen LogP contribution in [0.5, 0.6) is 5.75 Å². The molecule has 1 aromatic rings. The van der Waals surface area contributed by atoms with Gasteiger partial charge in [0.1, 0.15) is 5.75 Å². The van der Waals surface area contributed by atoms with E-state index in [2.05, 4.69) is 9.46 Å². The van der Waals surface area contributed by atoms with E-state index in [1.807, 2.05) is 6.07 Å². The summed E-state index contributed by atoms with van der Waals surface area (Å²) in [6.07, 6.45) is 0.183. The molecule has 0 unspecified atom stereocenters. The summed E-state index contributed by atoms with van der Waals surface area (Å²) < 4.78 is 35.7. The number of nitriles is 1. The van der Waals surface area contributed by atoms with Crippen LogP contribution in [0.2, 0.25) is 0 Å². The summed E-state index contributed by atoms with van der Waals surface area (Å²) >= 11 is 0. The first-order valence-corrected chi connectivity index (χ1v) is 7.72. The lowest BCUT2D eigenvalue weighted by Crippen LogP contribution is -2.18. The van der Waals surface area contributed by atoms with E-state index < -0.39 is 16.0 Å². The van der Waals surface area contributed by atoms with Crippen LogP contribution in [0, 0.1) is 11.3 Å². The molecule has 114 valence electrons. The highest BCUT2D eigenvalue weighted by Gasteiger charge is 2.15. The number of ether oxygens (including phenoxy) is 2. The Balaban J connectivity index is 2.75. The summed E-state index contributed by atoms with van der Waals surface area (Å²) in [5, 5.41) is 8.78. The van der Waals surface area contributed by atoms with E-state index in [0.29, 0.717) is 5.56 Å². The normalized spacial score (nSPS) is 10.5. The van der Waals surface area contributed by atoms with Crippen molar-refractivity contribution in [1.29, 1.82) is 5.26 Å². The SMILES string of the molecule is COC(=O)CCCS(=O)(=O)Nc1ccc(C#N)cc1OC. The average molecular weight is 312 g/mol. The Morgan fingerprint density at radius 2 is 2.10 bits per heavy atom. The van der Waals surface area contributed by atoms with Crippen LogP contribution in [0.15, 0.2) is 18.2 Å². The van der Waals surface area contributed by atoms with Gasteiger partial charge in [0.2, 0.25) is 10.0 Å². The van der Waals surface area contributed by atoms with Gasteiger partial charge in [-0.3, -0.25) is 9.52 Å². The number of methoxy groups -OCH3 is 2. The lowest BCUT2D eigenvalue weighted by atomic mass is 10.2. The molecule has 0 spiro atoms. The van der Waals surface area contributed by atoms with Crippen LogP contribution in [-0.4, -0.2) is 34.4 Å². The average Bonchev–Trinajstić information content (AvgIpc) is 2.46. The van der Waals surface area contributed by atoms with Gasteiger partial charge in [0.25, 0.3) is 0 Å². The molecule has 0 aromatic heterocycles. The van der Waals surface area contributed by atoms with Crippen molar-refractivity contribution in [2.45, 2.75) is 12.8 Å². The first kappa shape index (κ1) is 16.8. The van der Waals surface area contributed by atoms with Crippen LogP contribution in [0.3, 0.4) is 0 Å². The number of rotatable bonds is 7. The largest absolute Gasteiger partial charge is 0.495 e. The van der Waals surface area contributed by atoms with Crippen molar-refractivity contribution in [2.24, 2.45) is 0 Å². The minimum Gasteiger partial charge on any atom is -0.495 e. The molecule has 0 atom stereocenters. The molecule has 8 heteroatoms. The molecule has 0 saturated heterocycles. The molecule has 0 aliphatic rings. The number of nitrogens with zero attached hydrogens (tertiary/aromatic N) is 1. The zero-order chi connectivity index (χ0) is 15.9. The van der Waals surface area contributed by atoms with Crippen molar-refractivity contribution in [3.63, 3.8) is 0 Å². The molecule has 0 saturated carbocycles. The summed E-state index contributed by atoms with van der Waals surface area (Å²) in [4.78, 5) is 10.9. The molecule has 21 heavy (non-hydrogen) atoms. The molecule has 0 aliphatic carbocycles. The molecule has 0 heterocycles. The summed E-state index contributed by atoms with van der Waals surface area (Å²) in [7, 11) is -0.984. The monoisotopic (exact) mass is 312 g/mol. The smallest absolute Gasteiger partial charge is 0.305 e. The van der Waals surface area contributed by atoms with Crippen LogP contribution < -0.4 is 9.46 Å². The van der Waals surface area contributed by atoms with Gasteiger partial charge in [-0.1, -0.05) is 0 Å². The van der Waals surface area contributed by atoms with E-state index in [4.69, 9.17) is 10.00 Å². The molecule has 1 rings (SSSR count). The minimum atomic E-state index is -3.61. The number of nitrogens with one attached hydrogen (secondary N) is 1. The van der Waals surface area contributed by atoms with Gasteiger partial charge in [-0.2, -0.15) is 5.26 Å². The van der Waals surface area contributed by atoms with Crippen LogP contribution in [0.25, 0.3) is 0 Å². The van der Waals surface area contributed by atoms with Crippen molar-refractivity contribution in [1.82, 2.24) is 0 Å². The summed E-state index contributed by atoms with van der Waals surface area (Å²) in [5.74, 6) is -0.419. The van der Waals surface area contributed by atoms with E-state index in [9.17, 15) is 13.2 Å².